The zero-order chi connectivity index (χ0) is 6.85. The molecule has 0 N–H and O–H groups in total. The minimum Gasteiger partial charge on any atom is -0.249 e. The van der Waals surface area contributed by atoms with Crippen LogP contribution in [-0.2, 0) is 0 Å². The van der Waals surface area contributed by atoms with Crippen LogP contribution in [0.3, 0.4) is 0 Å². The van der Waals surface area contributed by atoms with Gasteiger partial charge in [-0.1, -0.05) is 13.8 Å². The number of rotatable bonds is 1. The first-order valence-corrected chi connectivity index (χ1v) is 3.99. The van der Waals surface area contributed by atoms with Gasteiger partial charge in [0, 0.05) is 4.88 Å². The van der Waals surface area contributed by atoms with Crippen LogP contribution in [-0.4, -0.2) is 4.98 Å². The number of thiazole rings is 1. The summed E-state index contributed by atoms with van der Waals surface area (Å²) in [6, 6.07) is 0. The van der Waals surface area contributed by atoms with Crippen LogP contribution in [0.2, 0.25) is 0 Å². The molecule has 0 atom stereocenters. The highest BCUT2D eigenvalue weighted by Gasteiger charge is 2.03. The van der Waals surface area contributed by atoms with Gasteiger partial charge in [0.15, 0.2) is 0 Å². The third kappa shape index (κ3) is 1.30. The average molecular weight is 141 g/mol. The lowest BCUT2D eigenvalue weighted by molar-refractivity contribution is 0.825. The number of aryl methyl sites for hydroxylation is 1. The van der Waals surface area contributed by atoms with Crippen LogP contribution in [0.25, 0.3) is 0 Å². The van der Waals surface area contributed by atoms with E-state index in [9.17, 15) is 0 Å². The van der Waals surface area contributed by atoms with Crippen LogP contribution in [0.15, 0.2) is 5.51 Å². The van der Waals surface area contributed by atoms with E-state index >= 15 is 0 Å². The number of aromatic nitrogens is 1. The van der Waals surface area contributed by atoms with Crippen molar-refractivity contribution in [2.45, 2.75) is 26.7 Å². The van der Waals surface area contributed by atoms with Gasteiger partial charge in [-0.2, -0.15) is 0 Å². The fourth-order valence-corrected chi connectivity index (χ4v) is 1.60. The second-order valence-electron chi connectivity index (χ2n) is 2.45. The summed E-state index contributed by atoms with van der Waals surface area (Å²) in [5, 5.41) is 0. The molecule has 0 aliphatic rings. The van der Waals surface area contributed by atoms with Gasteiger partial charge < -0.3 is 0 Å². The normalized spacial score (nSPS) is 10.7. The van der Waals surface area contributed by atoms with Gasteiger partial charge in [-0.3, -0.25) is 0 Å². The minimum atomic E-state index is 0.580. The molecule has 9 heavy (non-hydrogen) atoms. The van der Waals surface area contributed by atoms with E-state index in [0.717, 1.165) is 0 Å². The molecule has 0 amide bonds. The highest BCUT2D eigenvalue weighted by Crippen LogP contribution is 2.19. The molecule has 0 saturated carbocycles. The molecule has 1 aromatic rings. The molecule has 0 spiro atoms. The van der Waals surface area contributed by atoms with Crippen LogP contribution >= 0.6 is 11.3 Å². The van der Waals surface area contributed by atoms with Gasteiger partial charge in [0.1, 0.15) is 0 Å². The van der Waals surface area contributed by atoms with Crippen molar-refractivity contribution in [3.8, 4) is 0 Å². The van der Waals surface area contributed by atoms with Crippen LogP contribution < -0.4 is 0 Å². The van der Waals surface area contributed by atoms with Crippen LogP contribution in [0.1, 0.15) is 30.3 Å². The smallest absolute Gasteiger partial charge is 0.0797 e. The summed E-state index contributed by atoms with van der Waals surface area (Å²) in [5.41, 5.74) is 3.16. The third-order valence-corrected chi connectivity index (χ3v) is 2.10. The Morgan fingerprint density at radius 2 is 2.22 bits per heavy atom. The van der Waals surface area contributed by atoms with Crippen molar-refractivity contribution < 1.29 is 0 Å². The summed E-state index contributed by atoms with van der Waals surface area (Å²) in [7, 11) is 0. The predicted molar refractivity (Wildman–Crippen MR) is 40.9 cm³/mol. The van der Waals surface area contributed by atoms with Gasteiger partial charge >= 0.3 is 0 Å². The number of hydrogen-bond acceptors (Lipinski definition) is 2. The molecule has 0 radical (unpaired) electrons. The molecular weight excluding hydrogens is 130 g/mol. The largest absolute Gasteiger partial charge is 0.249 e. The number of nitrogens with zero attached hydrogens (tertiary/aromatic N) is 1. The van der Waals surface area contributed by atoms with Crippen LogP contribution in [0.5, 0.6) is 0 Å². The lowest BCUT2D eigenvalue weighted by Crippen LogP contribution is -1.88. The molecule has 0 fully saturated rings. The maximum atomic E-state index is 4.23. The average Bonchev–Trinajstić information content (AvgIpc) is 2.13. The molecule has 0 aliphatic carbocycles. The molecule has 2 heteroatoms. The van der Waals surface area contributed by atoms with E-state index in [4.69, 9.17) is 0 Å². The molecule has 0 aliphatic heterocycles. The van der Waals surface area contributed by atoms with Gasteiger partial charge in [0.05, 0.1) is 11.2 Å². The van der Waals surface area contributed by atoms with Gasteiger partial charge in [-0.05, 0) is 12.8 Å². The Hall–Kier alpha value is -0.370. The number of hydrogen-bond donors (Lipinski definition) is 0. The quantitative estimate of drug-likeness (QED) is 0.585. The molecule has 1 nitrogen and oxygen atoms in total. The first-order valence-electron chi connectivity index (χ1n) is 3.12. The zero-order valence-electron chi connectivity index (χ0n) is 6.01. The second kappa shape index (κ2) is 2.48. The van der Waals surface area contributed by atoms with E-state index in [1.54, 1.807) is 11.3 Å². The fourth-order valence-electron chi connectivity index (χ4n) is 0.869. The van der Waals surface area contributed by atoms with Gasteiger partial charge in [0.2, 0.25) is 0 Å². The van der Waals surface area contributed by atoms with Crippen molar-refractivity contribution in [3.05, 3.63) is 16.1 Å². The van der Waals surface area contributed by atoms with Crippen LogP contribution in [0, 0.1) is 6.92 Å². The van der Waals surface area contributed by atoms with Gasteiger partial charge in [-0.15, -0.1) is 11.3 Å². The standard InChI is InChI=1S/C7H11NS/c1-5(2)7-6(3)9-4-8-7/h4-5H,1-3H3. The lowest BCUT2D eigenvalue weighted by atomic mass is 10.1. The molecule has 50 valence electrons. The van der Waals surface area contributed by atoms with Crippen molar-refractivity contribution in [2.24, 2.45) is 0 Å². The Morgan fingerprint density at radius 3 is 2.44 bits per heavy atom. The molecule has 0 unspecified atom stereocenters. The van der Waals surface area contributed by atoms with E-state index in [2.05, 4.69) is 25.8 Å². The maximum Gasteiger partial charge on any atom is 0.0797 e. The topological polar surface area (TPSA) is 12.9 Å². The maximum absolute atomic E-state index is 4.23. The Labute approximate surface area is 59.8 Å². The van der Waals surface area contributed by atoms with Crippen molar-refractivity contribution in [1.29, 1.82) is 0 Å². The Kier molecular flexibility index (Phi) is 1.86. The SMILES string of the molecule is Cc1scnc1C(C)C. The lowest BCUT2D eigenvalue weighted by Gasteiger charge is -1.98. The summed E-state index contributed by atoms with van der Waals surface area (Å²) >= 11 is 1.72. The van der Waals surface area contributed by atoms with E-state index in [1.165, 1.54) is 10.6 Å². The van der Waals surface area contributed by atoms with E-state index in [1.807, 2.05) is 5.51 Å². The summed E-state index contributed by atoms with van der Waals surface area (Å²) in [4.78, 5) is 5.59. The molecule has 1 heterocycles. The molecule has 0 aromatic carbocycles. The molecule has 1 aromatic heterocycles. The van der Waals surface area contributed by atoms with Crippen molar-refractivity contribution in [3.63, 3.8) is 0 Å². The van der Waals surface area contributed by atoms with Gasteiger partial charge in [0.25, 0.3) is 0 Å². The summed E-state index contributed by atoms with van der Waals surface area (Å²) < 4.78 is 0. The Morgan fingerprint density at radius 1 is 1.56 bits per heavy atom. The Bertz CT molecular complexity index is 191. The molecule has 1 rings (SSSR count). The Balaban J connectivity index is 2.94. The first-order chi connectivity index (χ1) is 4.22. The van der Waals surface area contributed by atoms with Crippen molar-refractivity contribution >= 4 is 11.3 Å². The zero-order valence-corrected chi connectivity index (χ0v) is 6.83. The summed E-state index contributed by atoms with van der Waals surface area (Å²) in [6.07, 6.45) is 0. The van der Waals surface area contributed by atoms with E-state index in [-0.39, 0.29) is 0 Å². The molecular formula is C7H11NS. The first kappa shape index (κ1) is 6.75. The summed E-state index contributed by atoms with van der Waals surface area (Å²) in [6.45, 7) is 6.46. The van der Waals surface area contributed by atoms with Gasteiger partial charge in [-0.25, -0.2) is 4.98 Å². The van der Waals surface area contributed by atoms with E-state index in [0.29, 0.717) is 5.92 Å². The predicted octanol–water partition coefficient (Wildman–Crippen LogP) is 2.57. The summed E-state index contributed by atoms with van der Waals surface area (Å²) in [5.74, 6) is 0.580. The van der Waals surface area contributed by atoms with Crippen LogP contribution in [0.4, 0.5) is 0 Å². The van der Waals surface area contributed by atoms with Crippen molar-refractivity contribution in [1.82, 2.24) is 4.98 Å². The highest BCUT2D eigenvalue weighted by atomic mass is 32.1. The minimum absolute atomic E-state index is 0.580. The monoisotopic (exact) mass is 141 g/mol. The highest BCUT2D eigenvalue weighted by molar-refractivity contribution is 7.09. The molecule has 0 saturated heterocycles. The second-order valence-corrected chi connectivity index (χ2v) is 3.51. The fraction of sp³-hybridized carbons (Fsp3) is 0.571. The van der Waals surface area contributed by atoms with E-state index < -0.39 is 0 Å². The molecule has 0 bridgehead atoms. The van der Waals surface area contributed by atoms with Crippen molar-refractivity contribution in [2.75, 3.05) is 0 Å². The third-order valence-electron chi connectivity index (χ3n) is 1.33.